The number of halogens is 5. The minimum atomic E-state index is -4.75. The van der Waals surface area contributed by atoms with Crippen molar-refractivity contribution in [1.82, 2.24) is 10.3 Å². The molecule has 0 fully saturated rings. The van der Waals surface area contributed by atoms with E-state index in [4.69, 9.17) is 0 Å². The van der Waals surface area contributed by atoms with Gasteiger partial charge in [0.1, 0.15) is 10.8 Å². The number of nitrogens with one attached hydrogen (secondary N) is 1. The van der Waals surface area contributed by atoms with Crippen LogP contribution in [-0.4, -0.2) is 41.9 Å². The lowest BCUT2D eigenvalue weighted by molar-refractivity contribution is -0.136. The number of thioether (sulfide) groups is 1. The summed E-state index contributed by atoms with van der Waals surface area (Å²) in [5.74, 6) is 0.205. The second kappa shape index (κ2) is 11.3. The number of hydrogen-bond donors (Lipinski definition) is 1. The molecule has 170 valence electrons. The van der Waals surface area contributed by atoms with Crippen LogP contribution in [-0.2, 0) is 11.0 Å². The molecule has 1 aromatic heterocycles. The van der Waals surface area contributed by atoms with Gasteiger partial charge >= 0.3 is 12.8 Å². The number of alkyl halides is 5. The summed E-state index contributed by atoms with van der Waals surface area (Å²) in [6.45, 7) is 1.89. The van der Waals surface area contributed by atoms with Crippen molar-refractivity contribution >= 4 is 34.1 Å². The minimum absolute atomic E-state index is 0.118. The molecule has 3 rings (SSSR count). The van der Waals surface area contributed by atoms with Crippen LogP contribution in [0.25, 0.3) is 10.9 Å². The number of nitrogens with zero attached hydrogens (tertiary/aromatic N) is 2. The van der Waals surface area contributed by atoms with Crippen molar-refractivity contribution in [3.05, 3.63) is 35.0 Å². The maximum absolute atomic E-state index is 13.4. The molecule has 2 aromatic rings. The Hall–Kier alpha value is -2.43. The van der Waals surface area contributed by atoms with E-state index >= 15 is 0 Å². The topological polar surface area (TPSA) is 63.6 Å². The second-order valence-corrected chi connectivity index (χ2v) is 7.61. The molecule has 0 bridgehead atoms. The molecular formula is C20H22F5N3O2S. The number of rotatable bonds is 7. The van der Waals surface area contributed by atoms with Crippen molar-refractivity contribution in [3.63, 3.8) is 0 Å². The first-order valence-electron chi connectivity index (χ1n) is 9.49. The predicted octanol–water partition coefficient (Wildman–Crippen LogP) is 5.19. The quantitative estimate of drug-likeness (QED) is 0.349. The van der Waals surface area contributed by atoms with E-state index in [9.17, 15) is 26.7 Å². The summed E-state index contributed by atoms with van der Waals surface area (Å²) in [5.41, 5.74) is -0.565. The molecule has 0 saturated carbocycles. The summed E-state index contributed by atoms with van der Waals surface area (Å²) in [6.07, 6.45) is -1.79. The SMILES string of the molecule is CCCCNC=O.Cc1cc(C2=NCCS2)nc2c(C(F)(F)F)cc(OC(F)F)cc12. The van der Waals surface area contributed by atoms with Crippen LogP contribution in [0.3, 0.4) is 0 Å². The summed E-state index contributed by atoms with van der Waals surface area (Å²) in [7, 11) is 0. The fraction of sp³-hybridized carbons (Fsp3) is 0.450. The van der Waals surface area contributed by atoms with Crippen LogP contribution in [0, 0.1) is 6.92 Å². The molecule has 1 amide bonds. The fourth-order valence-corrected chi connectivity index (χ4v) is 3.60. The van der Waals surface area contributed by atoms with E-state index in [1.807, 2.05) is 0 Å². The summed E-state index contributed by atoms with van der Waals surface area (Å²) in [5, 5.41) is 3.27. The number of carbonyl (C=O) groups excluding carboxylic acids is 1. The number of carbonyl (C=O) groups is 1. The summed E-state index contributed by atoms with van der Waals surface area (Å²) in [6, 6.07) is 3.30. The maximum Gasteiger partial charge on any atom is 0.418 e. The van der Waals surface area contributed by atoms with E-state index in [-0.39, 0.29) is 10.9 Å². The summed E-state index contributed by atoms with van der Waals surface area (Å²) < 4.78 is 69.0. The van der Waals surface area contributed by atoms with Gasteiger partial charge < -0.3 is 10.1 Å². The average molecular weight is 463 g/mol. The van der Waals surface area contributed by atoms with Gasteiger partial charge in [-0.25, -0.2) is 4.98 Å². The van der Waals surface area contributed by atoms with Gasteiger partial charge in [0.25, 0.3) is 0 Å². The van der Waals surface area contributed by atoms with Crippen LogP contribution in [0.1, 0.15) is 36.6 Å². The Kier molecular flexibility index (Phi) is 9.02. The molecule has 0 radical (unpaired) electrons. The lowest BCUT2D eigenvalue weighted by Gasteiger charge is -2.15. The largest absolute Gasteiger partial charge is 0.435 e. The van der Waals surface area contributed by atoms with E-state index in [1.54, 1.807) is 13.0 Å². The number of pyridine rings is 1. The molecule has 0 spiro atoms. The van der Waals surface area contributed by atoms with Crippen LogP contribution < -0.4 is 10.1 Å². The molecule has 31 heavy (non-hydrogen) atoms. The Bertz CT molecular complexity index is 935. The molecule has 0 unspecified atom stereocenters. The lowest BCUT2D eigenvalue weighted by atomic mass is 10.0. The van der Waals surface area contributed by atoms with Gasteiger partial charge in [-0.2, -0.15) is 22.0 Å². The van der Waals surface area contributed by atoms with Gasteiger partial charge in [0.15, 0.2) is 0 Å². The highest BCUT2D eigenvalue weighted by atomic mass is 32.2. The number of aliphatic imine (C=N–C) groups is 1. The zero-order chi connectivity index (χ0) is 23.0. The summed E-state index contributed by atoms with van der Waals surface area (Å²) >= 11 is 1.42. The highest BCUT2D eigenvalue weighted by Gasteiger charge is 2.35. The van der Waals surface area contributed by atoms with E-state index < -0.39 is 24.1 Å². The maximum atomic E-state index is 13.4. The highest BCUT2D eigenvalue weighted by Crippen LogP contribution is 2.38. The summed E-state index contributed by atoms with van der Waals surface area (Å²) in [4.78, 5) is 17.9. The van der Waals surface area contributed by atoms with Crippen LogP contribution in [0.4, 0.5) is 22.0 Å². The Morgan fingerprint density at radius 3 is 2.58 bits per heavy atom. The first-order chi connectivity index (χ1) is 14.7. The van der Waals surface area contributed by atoms with Gasteiger partial charge in [0.05, 0.1) is 16.8 Å². The zero-order valence-electron chi connectivity index (χ0n) is 16.9. The van der Waals surface area contributed by atoms with E-state index in [0.29, 0.717) is 28.9 Å². The molecule has 1 aliphatic heterocycles. The molecule has 0 atom stereocenters. The number of unbranched alkanes of at least 4 members (excludes halogenated alkanes) is 1. The van der Waals surface area contributed by atoms with E-state index in [0.717, 1.165) is 37.6 Å². The van der Waals surface area contributed by atoms with E-state index in [1.165, 1.54) is 11.8 Å². The van der Waals surface area contributed by atoms with Crippen LogP contribution in [0.15, 0.2) is 23.2 Å². The lowest BCUT2D eigenvalue weighted by Crippen LogP contribution is -2.11. The Morgan fingerprint density at radius 2 is 2.03 bits per heavy atom. The molecule has 1 aliphatic rings. The third-order valence-electron chi connectivity index (χ3n) is 4.19. The van der Waals surface area contributed by atoms with Crippen molar-refractivity contribution in [2.45, 2.75) is 39.5 Å². The van der Waals surface area contributed by atoms with E-state index in [2.05, 4.69) is 27.0 Å². The molecule has 1 aromatic carbocycles. The highest BCUT2D eigenvalue weighted by molar-refractivity contribution is 8.14. The Balaban J connectivity index is 0.000000423. The normalized spacial score (nSPS) is 13.6. The van der Waals surface area contributed by atoms with Gasteiger partial charge in [-0.3, -0.25) is 9.79 Å². The zero-order valence-corrected chi connectivity index (χ0v) is 17.7. The van der Waals surface area contributed by atoms with Crippen molar-refractivity contribution < 1.29 is 31.5 Å². The van der Waals surface area contributed by atoms with Crippen molar-refractivity contribution in [1.29, 1.82) is 0 Å². The molecular weight excluding hydrogens is 441 g/mol. The first kappa shape index (κ1) is 24.8. The Morgan fingerprint density at radius 1 is 1.29 bits per heavy atom. The standard InChI is InChI=1S/C15H11F5N2OS.C5H11NO/c1-7-4-11(13-21-2-3-24-13)22-12-9(7)5-8(23-14(16)17)6-10(12)15(18,19)20;1-2-3-4-6-5-7/h4-6,14H,2-3H2,1H3;5H,2-4H2,1H3,(H,6,7). The van der Waals surface area contributed by atoms with Crippen molar-refractivity contribution in [3.8, 4) is 5.75 Å². The monoisotopic (exact) mass is 463 g/mol. The van der Waals surface area contributed by atoms with Crippen molar-refractivity contribution in [2.24, 2.45) is 4.99 Å². The van der Waals surface area contributed by atoms with Gasteiger partial charge in [0.2, 0.25) is 6.41 Å². The minimum Gasteiger partial charge on any atom is -0.435 e. The number of benzene rings is 1. The number of aryl methyl sites for hydroxylation is 1. The first-order valence-corrected chi connectivity index (χ1v) is 10.5. The number of fused-ring (bicyclic) bond motifs is 1. The molecule has 2 heterocycles. The Labute approximate surface area is 180 Å². The number of ether oxygens (including phenoxy) is 1. The average Bonchev–Trinajstić information content (AvgIpc) is 3.22. The number of aromatic nitrogens is 1. The molecule has 11 heteroatoms. The van der Waals surface area contributed by atoms with Crippen LogP contribution in [0.2, 0.25) is 0 Å². The van der Waals surface area contributed by atoms with Crippen molar-refractivity contribution in [2.75, 3.05) is 18.8 Å². The smallest absolute Gasteiger partial charge is 0.418 e. The van der Waals surface area contributed by atoms with Gasteiger partial charge in [0, 0.05) is 24.2 Å². The number of amides is 1. The number of hydrogen-bond acceptors (Lipinski definition) is 5. The van der Waals surface area contributed by atoms with Gasteiger partial charge in [-0.05, 0) is 37.1 Å². The van der Waals surface area contributed by atoms with Gasteiger partial charge in [-0.1, -0.05) is 13.3 Å². The third-order valence-corrected chi connectivity index (χ3v) is 5.19. The molecule has 5 nitrogen and oxygen atoms in total. The molecule has 0 saturated heterocycles. The van der Waals surface area contributed by atoms with Crippen LogP contribution >= 0.6 is 11.8 Å². The second-order valence-electron chi connectivity index (χ2n) is 6.53. The van der Waals surface area contributed by atoms with Gasteiger partial charge in [-0.15, -0.1) is 11.8 Å². The predicted molar refractivity (Wildman–Crippen MR) is 111 cm³/mol. The third kappa shape index (κ3) is 7.05. The van der Waals surface area contributed by atoms with Crippen LogP contribution in [0.5, 0.6) is 5.75 Å². The molecule has 1 N–H and O–H groups in total. The molecule has 0 aliphatic carbocycles. The fourth-order valence-electron chi connectivity index (χ4n) is 2.79.